The van der Waals surface area contributed by atoms with Gasteiger partial charge in [-0.1, -0.05) is 24.3 Å². The number of carbonyl (C=O) groups is 1. The summed E-state index contributed by atoms with van der Waals surface area (Å²) in [5.41, 5.74) is 3.26. The van der Waals surface area contributed by atoms with Crippen LogP contribution in [-0.2, 0) is 27.7 Å². The van der Waals surface area contributed by atoms with Gasteiger partial charge in [0.2, 0.25) is 15.9 Å². The molecule has 1 heterocycles. The van der Waals surface area contributed by atoms with Gasteiger partial charge in [-0.05, 0) is 72.0 Å². The first kappa shape index (κ1) is 22.8. The second kappa shape index (κ2) is 9.64. The summed E-state index contributed by atoms with van der Waals surface area (Å²) >= 11 is 0. The lowest BCUT2D eigenvalue weighted by Crippen LogP contribution is -2.30. The number of benzene rings is 3. The molecule has 2 N–H and O–H groups in total. The van der Waals surface area contributed by atoms with Gasteiger partial charge in [0, 0.05) is 12.1 Å². The highest BCUT2D eigenvalue weighted by atomic mass is 32.2. The van der Waals surface area contributed by atoms with Gasteiger partial charge in [-0.25, -0.2) is 13.1 Å². The first-order valence-corrected chi connectivity index (χ1v) is 12.1. The SMILES string of the molecule is COc1ccc(C[C@H](NS(=O)(=O)c2ccc3c(c2)CCC(=O)N3)c2ccc(OC)cc2)cc1. The van der Waals surface area contributed by atoms with Gasteiger partial charge in [0.25, 0.3) is 0 Å². The van der Waals surface area contributed by atoms with Gasteiger partial charge in [0.1, 0.15) is 11.5 Å². The van der Waals surface area contributed by atoms with E-state index in [1.165, 1.54) is 6.07 Å². The average molecular weight is 467 g/mol. The fourth-order valence-electron chi connectivity index (χ4n) is 3.84. The topological polar surface area (TPSA) is 93.7 Å². The summed E-state index contributed by atoms with van der Waals surface area (Å²) in [7, 11) is -0.629. The van der Waals surface area contributed by atoms with Gasteiger partial charge >= 0.3 is 0 Å². The minimum Gasteiger partial charge on any atom is -0.497 e. The Labute approximate surface area is 193 Å². The lowest BCUT2D eigenvalue weighted by atomic mass is 9.99. The number of sulfonamides is 1. The molecule has 172 valence electrons. The summed E-state index contributed by atoms with van der Waals surface area (Å²) in [6.07, 6.45) is 1.31. The van der Waals surface area contributed by atoms with Gasteiger partial charge in [-0.3, -0.25) is 4.79 Å². The first-order chi connectivity index (χ1) is 15.9. The number of hydrogen-bond donors (Lipinski definition) is 2. The number of ether oxygens (including phenoxy) is 2. The quantitative estimate of drug-likeness (QED) is 0.526. The zero-order chi connectivity index (χ0) is 23.4. The molecule has 7 nitrogen and oxygen atoms in total. The van der Waals surface area contributed by atoms with Crippen molar-refractivity contribution in [2.75, 3.05) is 19.5 Å². The Hall–Kier alpha value is -3.36. The second-order valence-electron chi connectivity index (χ2n) is 7.87. The Morgan fingerprint density at radius 3 is 2.18 bits per heavy atom. The number of rotatable bonds is 8. The third kappa shape index (κ3) is 5.35. The van der Waals surface area contributed by atoms with Crippen molar-refractivity contribution in [3.05, 3.63) is 83.4 Å². The van der Waals surface area contributed by atoms with Crippen LogP contribution in [0.15, 0.2) is 71.6 Å². The smallest absolute Gasteiger partial charge is 0.241 e. The molecule has 1 amide bonds. The predicted molar refractivity (Wildman–Crippen MR) is 126 cm³/mol. The van der Waals surface area contributed by atoms with Crippen molar-refractivity contribution < 1.29 is 22.7 Å². The standard InChI is InChI=1S/C25H26N2O5S/c1-31-20-8-3-17(4-9-20)15-24(18-5-10-21(32-2)11-6-18)27-33(29,30)22-12-13-23-19(16-22)7-14-25(28)26-23/h3-6,8-13,16,24,27H,7,14-15H2,1-2H3,(H,26,28)/t24-/m0/s1. The third-order valence-corrected chi connectivity index (χ3v) is 7.17. The van der Waals surface area contributed by atoms with E-state index < -0.39 is 16.1 Å². The van der Waals surface area contributed by atoms with Gasteiger partial charge in [0.15, 0.2) is 0 Å². The highest BCUT2D eigenvalue weighted by Gasteiger charge is 2.24. The van der Waals surface area contributed by atoms with E-state index >= 15 is 0 Å². The number of aryl methyl sites for hydroxylation is 1. The van der Waals surface area contributed by atoms with E-state index in [2.05, 4.69) is 10.0 Å². The van der Waals surface area contributed by atoms with Crippen molar-refractivity contribution in [2.45, 2.75) is 30.2 Å². The summed E-state index contributed by atoms with van der Waals surface area (Å²) < 4.78 is 40.0. The molecule has 0 bridgehead atoms. The molecule has 0 aliphatic carbocycles. The fourth-order valence-corrected chi connectivity index (χ4v) is 5.12. The van der Waals surface area contributed by atoms with Crippen LogP contribution >= 0.6 is 0 Å². The molecule has 0 spiro atoms. The van der Waals surface area contributed by atoms with E-state index in [4.69, 9.17) is 9.47 Å². The number of anilines is 1. The van der Waals surface area contributed by atoms with Gasteiger partial charge in [-0.2, -0.15) is 0 Å². The molecule has 3 aromatic carbocycles. The van der Waals surface area contributed by atoms with Crippen molar-refractivity contribution >= 4 is 21.6 Å². The monoisotopic (exact) mass is 466 g/mol. The molecule has 33 heavy (non-hydrogen) atoms. The van der Waals surface area contributed by atoms with Crippen LogP contribution in [0.4, 0.5) is 5.69 Å². The molecule has 0 saturated carbocycles. The van der Waals surface area contributed by atoms with Crippen LogP contribution in [0.1, 0.15) is 29.2 Å². The molecule has 0 radical (unpaired) electrons. The second-order valence-corrected chi connectivity index (χ2v) is 9.58. The van der Waals surface area contributed by atoms with Crippen LogP contribution in [0.3, 0.4) is 0 Å². The van der Waals surface area contributed by atoms with Crippen molar-refractivity contribution in [3.63, 3.8) is 0 Å². The Morgan fingerprint density at radius 2 is 1.55 bits per heavy atom. The molecule has 0 aromatic heterocycles. The van der Waals surface area contributed by atoms with Crippen LogP contribution in [0, 0.1) is 0 Å². The summed E-state index contributed by atoms with van der Waals surface area (Å²) in [5.74, 6) is 1.37. The van der Waals surface area contributed by atoms with Gasteiger partial charge in [0.05, 0.1) is 25.2 Å². The molecule has 0 fully saturated rings. The lowest BCUT2D eigenvalue weighted by Gasteiger charge is -2.21. The Kier molecular flexibility index (Phi) is 6.67. The molecule has 8 heteroatoms. The van der Waals surface area contributed by atoms with Crippen molar-refractivity contribution in [2.24, 2.45) is 0 Å². The highest BCUT2D eigenvalue weighted by molar-refractivity contribution is 7.89. The molecule has 1 aliphatic heterocycles. The summed E-state index contributed by atoms with van der Waals surface area (Å²) in [5, 5.41) is 2.78. The van der Waals surface area contributed by atoms with E-state index in [-0.39, 0.29) is 10.8 Å². The molecule has 1 atom stereocenters. The molecule has 0 saturated heterocycles. The number of fused-ring (bicyclic) bond motifs is 1. The zero-order valence-corrected chi connectivity index (χ0v) is 19.3. The van der Waals surface area contributed by atoms with Crippen LogP contribution < -0.4 is 19.5 Å². The maximum absolute atomic E-state index is 13.3. The van der Waals surface area contributed by atoms with Crippen LogP contribution in [0.25, 0.3) is 0 Å². The largest absolute Gasteiger partial charge is 0.497 e. The number of methoxy groups -OCH3 is 2. The Morgan fingerprint density at radius 1 is 0.909 bits per heavy atom. The zero-order valence-electron chi connectivity index (χ0n) is 18.5. The van der Waals surface area contributed by atoms with E-state index in [0.717, 1.165) is 22.4 Å². The third-order valence-electron chi connectivity index (χ3n) is 5.70. The fraction of sp³-hybridized carbons (Fsp3) is 0.240. The normalized spacial score (nSPS) is 14.2. The van der Waals surface area contributed by atoms with Crippen LogP contribution in [-0.4, -0.2) is 28.5 Å². The predicted octanol–water partition coefficient (Wildman–Crippen LogP) is 3.85. The van der Waals surface area contributed by atoms with E-state index in [0.29, 0.717) is 30.7 Å². The number of carbonyl (C=O) groups excluding carboxylic acids is 1. The molecule has 0 unspecified atom stereocenters. The molecule has 3 aromatic rings. The Bertz CT molecular complexity index is 1240. The van der Waals surface area contributed by atoms with Crippen molar-refractivity contribution in [3.8, 4) is 11.5 Å². The summed E-state index contributed by atoms with van der Waals surface area (Å²) in [6, 6.07) is 19.2. The van der Waals surface area contributed by atoms with Gasteiger partial charge in [-0.15, -0.1) is 0 Å². The highest BCUT2D eigenvalue weighted by Crippen LogP contribution is 2.28. The minimum atomic E-state index is -3.82. The Balaban J connectivity index is 1.63. The molecular weight excluding hydrogens is 440 g/mol. The molecule has 4 rings (SSSR count). The van der Waals surface area contributed by atoms with E-state index in [1.807, 2.05) is 48.5 Å². The first-order valence-electron chi connectivity index (χ1n) is 10.6. The van der Waals surface area contributed by atoms with Crippen LogP contribution in [0.2, 0.25) is 0 Å². The van der Waals surface area contributed by atoms with E-state index in [1.54, 1.807) is 26.4 Å². The van der Waals surface area contributed by atoms with Gasteiger partial charge < -0.3 is 14.8 Å². The number of hydrogen-bond acceptors (Lipinski definition) is 5. The van der Waals surface area contributed by atoms with Crippen LogP contribution in [0.5, 0.6) is 11.5 Å². The average Bonchev–Trinajstić information content (AvgIpc) is 2.83. The minimum absolute atomic E-state index is 0.0599. The number of nitrogens with one attached hydrogen (secondary N) is 2. The molecular formula is C25H26N2O5S. The van der Waals surface area contributed by atoms with Crippen molar-refractivity contribution in [1.29, 1.82) is 0 Å². The number of amides is 1. The summed E-state index contributed by atoms with van der Waals surface area (Å²) in [4.78, 5) is 11.8. The maximum atomic E-state index is 13.3. The van der Waals surface area contributed by atoms with Crippen molar-refractivity contribution in [1.82, 2.24) is 4.72 Å². The summed E-state index contributed by atoms with van der Waals surface area (Å²) in [6.45, 7) is 0. The molecule has 1 aliphatic rings. The lowest BCUT2D eigenvalue weighted by molar-refractivity contribution is -0.116. The van der Waals surface area contributed by atoms with E-state index in [9.17, 15) is 13.2 Å². The maximum Gasteiger partial charge on any atom is 0.241 e.